The van der Waals surface area contributed by atoms with Gasteiger partial charge in [0.2, 0.25) is 5.91 Å². The van der Waals surface area contributed by atoms with Crippen molar-refractivity contribution in [2.45, 2.75) is 45.3 Å². The van der Waals surface area contributed by atoms with Crippen molar-refractivity contribution in [1.82, 2.24) is 4.90 Å². The molecule has 1 atom stereocenters. The Kier molecular flexibility index (Phi) is 6.40. The minimum absolute atomic E-state index is 0.0930. The molecule has 0 aromatic carbocycles. The van der Waals surface area contributed by atoms with Gasteiger partial charge in [-0.3, -0.25) is 4.79 Å². The first-order valence-corrected chi connectivity index (χ1v) is 5.43. The third-order valence-electron chi connectivity index (χ3n) is 2.09. The molecule has 0 unspecified atom stereocenters. The topological polar surface area (TPSA) is 46.3 Å². The summed E-state index contributed by atoms with van der Waals surface area (Å²) in [6.45, 7) is 2.44. The van der Waals surface area contributed by atoms with Crippen LogP contribution in [0.4, 0.5) is 13.2 Å². The Morgan fingerprint density at radius 3 is 2.25 bits per heavy atom. The summed E-state index contributed by atoms with van der Waals surface area (Å²) >= 11 is 0. The molecule has 0 bridgehead atoms. The van der Waals surface area contributed by atoms with E-state index in [-0.39, 0.29) is 6.54 Å². The second kappa shape index (κ2) is 6.73. The standard InChI is InChI=1S/C10H19F3N2O/c1-3-5-8(14)9(16)15(6-4-2)7-10(11,12)13/h8H,3-7,14H2,1-2H3/t8-/m0/s1. The summed E-state index contributed by atoms with van der Waals surface area (Å²) in [5.41, 5.74) is 5.52. The van der Waals surface area contributed by atoms with E-state index in [4.69, 9.17) is 5.73 Å². The van der Waals surface area contributed by atoms with E-state index in [2.05, 4.69) is 0 Å². The first-order valence-electron chi connectivity index (χ1n) is 5.43. The molecule has 0 saturated carbocycles. The van der Waals surface area contributed by atoms with Crippen molar-refractivity contribution < 1.29 is 18.0 Å². The lowest BCUT2D eigenvalue weighted by molar-refractivity contribution is -0.162. The highest BCUT2D eigenvalue weighted by Crippen LogP contribution is 2.17. The van der Waals surface area contributed by atoms with E-state index in [1.54, 1.807) is 6.92 Å². The highest BCUT2D eigenvalue weighted by Gasteiger charge is 2.33. The van der Waals surface area contributed by atoms with Crippen LogP contribution in [-0.2, 0) is 4.79 Å². The fourth-order valence-electron chi connectivity index (χ4n) is 1.42. The summed E-state index contributed by atoms with van der Waals surface area (Å²) < 4.78 is 36.6. The van der Waals surface area contributed by atoms with E-state index >= 15 is 0 Å². The van der Waals surface area contributed by atoms with Crippen LogP contribution in [0, 0.1) is 0 Å². The number of amides is 1. The zero-order chi connectivity index (χ0) is 12.8. The van der Waals surface area contributed by atoms with Crippen molar-refractivity contribution >= 4 is 5.91 Å². The fourth-order valence-corrected chi connectivity index (χ4v) is 1.42. The first kappa shape index (κ1) is 15.2. The Balaban J connectivity index is 4.46. The van der Waals surface area contributed by atoms with Gasteiger partial charge in [-0.25, -0.2) is 0 Å². The average Bonchev–Trinajstić information content (AvgIpc) is 2.14. The van der Waals surface area contributed by atoms with Crippen LogP contribution < -0.4 is 5.73 Å². The predicted octanol–water partition coefficient (Wildman–Crippen LogP) is 1.91. The Morgan fingerprint density at radius 2 is 1.88 bits per heavy atom. The number of hydrogen-bond acceptors (Lipinski definition) is 2. The number of nitrogens with zero attached hydrogens (tertiary/aromatic N) is 1. The summed E-state index contributed by atoms with van der Waals surface area (Å²) in [7, 11) is 0. The van der Waals surface area contributed by atoms with Gasteiger partial charge in [0.05, 0.1) is 6.04 Å². The molecule has 0 saturated heterocycles. The largest absolute Gasteiger partial charge is 0.406 e. The Morgan fingerprint density at radius 1 is 1.31 bits per heavy atom. The minimum Gasteiger partial charge on any atom is -0.332 e. The summed E-state index contributed by atoms with van der Waals surface area (Å²) in [6, 6.07) is -0.820. The van der Waals surface area contributed by atoms with E-state index in [1.807, 2.05) is 6.92 Å². The zero-order valence-electron chi connectivity index (χ0n) is 9.68. The third kappa shape index (κ3) is 5.95. The van der Waals surface area contributed by atoms with Gasteiger partial charge in [-0.15, -0.1) is 0 Å². The lowest BCUT2D eigenvalue weighted by Gasteiger charge is -2.26. The molecule has 0 heterocycles. The number of carbonyl (C=O) groups is 1. The summed E-state index contributed by atoms with van der Waals surface area (Å²) in [5, 5.41) is 0. The normalized spacial score (nSPS) is 13.6. The minimum atomic E-state index is -4.36. The molecule has 0 aliphatic carbocycles. The summed E-state index contributed by atoms with van der Waals surface area (Å²) in [4.78, 5) is 12.4. The molecule has 16 heavy (non-hydrogen) atoms. The van der Waals surface area contributed by atoms with Crippen LogP contribution in [0.25, 0.3) is 0 Å². The molecule has 6 heteroatoms. The molecule has 0 aliphatic heterocycles. The molecule has 0 aromatic rings. The fraction of sp³-hybridized carbons (Fsp3) is 0.900. The summed E-state index contributed by atoms with van der Waals surface area (Å²) in [6.07, 6.45) is -2.78. The van der Waals surface area contributed by atoms with Gasteiger partial charge in [0.1, 0.15) is 6.54 Å². The Bertz CT molecular complexity index is 219. The molecule has 0 aromatic heterocycles. The van der Waals surface area contributed by atoms with Crippen molar-refractivity contribution in [3.8, 4) is 0 Å². The van der Waals surface area contributed by atoms with Gasteiger partial charge in [-0.05, 0) is 12.8 Å². The Labute approximate surface area is 93.8 Å². The highest BCUT2D eigenvalue weighted by molar-refractivity contribution is 5.81. The SMILES string of the molecule is CCC[C@H](N)C(=O)N(CCC)CC(F)(F)F. The molecule has 0 rings (SSSR count). The van der Waals surface area contributed by atoms with Gasteiger partial charge in [0, 0.05) is 6.54 Å². The second-order valence-corrected chi connectivity index (χ2v) is 3.77. The Hall–Kier alpha value is -0.780. The van der Waals surface area contributed by atoms with Gasteiger partial charge in [0.15, 0.2) is 0 Å². The molecular weight excluding hydrogens is 221 g/mol. The third-order valence-corrected chi connectivity index (χ3v) is 2.09. The van der Waals surface area contributed by atoms with Crippen molar-refractivity contribution in [1.29, 1.82) is 0 Å². The smallest absolute Gasteiger partial charge is 0.332 e. The molecule has 1 amide bonds. The number of nitrogens with two attached hydrogens (primary N) is 1. The van der Waals surface area contributed by atoms with Crippen LogP contribution in [0.3, 0.4) is 0 Å². The van der Waals surface area contributed by atoms with Crippen LogP contribution in [0.15, 0.2) is 0 Å². The molecule has 0 spiro atoms. The molecule has 0 radical (unpaired) electrons. The van der Waals surface area contributed by atoms with E-state index in [0.717, 1.165) is 4.90 Å². The number of hydrogen-bond donors (Lipinski definition) is 1. The van der Waals surface area contributed by atoms with Crippen LogP contribution in [0.1, 0.15) is 33.1 Å². The van der Waals surface area contributed by atoms with Crippen molar-refractivity contribution in [2.75, 3.05) is 13.1 Å². The zero-order valence-corrected chi connectivity index (χ0v) is 9.68. The van der Waals surface area contributed by atoms with Crippen LogP contribution in [0.2, 0.25) is 0 Å². The maximum atomic E-state index is 12.2. The van der Waals surface area contributed by atoms with Crippen LogP contribution in [0.5, 0.6) is 0 Å². The van der Waals surface area contributed by atoms with Gasteiger partial charge in [-0.2, -0.15) is 13.2 Å². The summed E-state index contributed by atoms with van der Waals surface area (Å²) in [5.74, 6) is -0.610. The molecule has 0 aliphatic rings. The number of halogens is 3. The van der Waals surface area contributed by atoms with E-state index < -0.39 is 24.7 Å². The van der Waals surface area contributed by atoms with Crippen molar-refractivity contribution in [2.24, 2.45) is 5.73 Å². The maximum Gasteiger partial charge on any atom is 0.406 e. The van der Waals surface area contributed by atoms with Crippen LogP contribution >= 0.6 is 0 Å². The predicted molar refractivity (Wildman–Crippen MR) is 55.8 cm³/mol. The monoisotopic (exact) mass is 240 g/mol. The molecule has 96 valence electrons. The highest BCUT2D eigenvalue weighted by atomic mass is 19.4. The lowest BCUT2D eigenvalue weighted by Crippen LogP contribution is -2.47. The van der Waals surface area contributed by atoms with Crippen molar-refractivity contribution in [3.63, 3.8) is 0 Å². The molecular formula is C10H19F3N2O. The quantitative estimate of drug-likeness (QED) is 0.771. The maximum absolute atomic E-state index is 12.2. The van der Waals surface area contributed by atoms with Crippen molar-refractivity contribution in [3.05, 3.63) is 0 Å². The average molecular weight is 240 g/mol. The lowest BCUT2D eigenvalue weighted by atomic mass is 10.1. The van der Waals surface area contributed by atoms with Gasteiger partial charge >= 0.3 is 6.18 Å². The van der Waals surface area contributed by atoms with E-state index in [9.17, 15) is 18.0 Å². The van der Waals surface area contributed by atoms with Gasteiger partial charge < -0.3 is 10.6 Å². The van der Waals surface area contributed by atoms with Gasteiger partial charge in [0.25, 0.3) is 0 Å². The first-order chi connectivity index (χ1) is 7.31. The van der Waals surface area contributed by atoms with Gasteiger partial charge in [-0.1, -0.05) is 20.3 Å². The number of rotatable bonds is 6. The van der Waals surface area contributed by atoms with E-state index in [1.165, 1.54) is 0 Å². The number of carbonyl (C=O) groups excluding carboxylic acids is 1. The number of alkyl halides is 3. The second-order valence-electron chi connectivity index (χ2n) is 3.77. The van der Waals surface area contributed by atoms with E-state index in [0.29, 0.717) is 19.3 Å². The molecule has 3 nitrogen and oxygen atoms in total. The van der Waals surface area contributed by atoms with Crippen LogP contribution in [-0.4, -0.2) is 36.1 Å². The molecule has 2 N–H and O–H groups in total. The molecule has 0 fully saturated rings.